The van der Waals surface area contributed by atoms with Crippen molar-refractivity contribution in [2.75, 3.05) is 13.2 Å². The Labute approximate surface area is 133 Å². The number of sulfone groups is 1. The third-order valence-electron chi connectivity index (χ3n) is 3.90. The molecule has 0 unspecified atom stereocenters. The van der Waals surface area contributed by atoms with E-state index in [1.54, 1.807) is 19.1 Å². The van der Waals surface area contributed by atoms with Crippen LogP contribution in [-0.2, 0) is 14.6 Å². The highest BCUT2D eigenvalue weighted by Gasteiger charge is 2.74. The van der Waals surface area contributed by atoms with Crippen molar-refractivity contribution in [2.45, 2.75) is 41.2 Å². The van der Waals surface area contributed by atoms with Gasteiger partial charge < -0.3 is 30.3 Å². The molecule has 8 nitrogen and oxygen atoms in total. The Bertz CT molecular complexity index is 643. The van der Waals surface area contributed by atoms with E-state index in [1.807, 2.05) is 0 Å². The van der Waals surface area contributed by atoms with Gasteiger partial charge in [-0.05, 0) is 19.1 Å². The van der Waals surface area contributed by atoms with Crippen LogP contribution in [-0.4, -0.2) is 76.5 Å². The number of hydrogen-bond acceptors (Lipinski definition) is 8. The highest BCUT2D eigenvalue weighted by atomic mass is 32.2. The standard InChI is InChI=1S/C14H20O8S/c1-8-2-4-9(5-3-8)23(20,21)14(12(19)10(17)6-15)13(22-14)11(18)7-16/h2-5,10-13,15-19H,6-7H2,1H3/t10-,11+,12-,13+,14+/m1/s1. The Morgan fingerprint density at radius 3 is 2.17 bits per heavy atom. The van der Waals surface area contributed by atoms with Gasteiger partial charge in [-0.1, -0.05) is 17.7 Å². The first-order valence-corrected chi connectivity index (χ1v) is 8.45. The molecule has 1 aromatic rings. The summed E-state index contributed by atoms with van der Waals surface area (Å²) in [6.45, 7) is 0.0951. The summed E-state index contributed by atoms with van der Waals surface area (Å²) >= 11 is 0. The number of aliphatic hydroxyl groups excluding tert-OH is 5. The summed E-state index contributed by atoms with van der Waals surface area (Å²) in [5.41, 5.74) is 0.817. The second-order valence-corrected chi connectivity index (χ2v) is 7.64. The van der Waals surface area contributed by atoms with Gasteiger partial charge in [0.1, 0.15) is 24.4 Å². The van der Waals surface area contributed by atoms with Crippen LogP contribution in [0.3, 0.4) is 0 Å². The van der Waals surface area contributed by atoms with Crippen LogP contribution >= 0.6 is 0 Å². The SMILES string of the molecule is Cc1ccc(S(=O)(=O)[C@]2([C@H](O)[C@H](O)CO)O[C@H]2[C@@H](O)CO)cc1. The predicted octanol–water partition coefficient (Wildman–Crippen LogP) is -2.07. The quantitative estimate of drug-likeness (QED) is 0.353. The summed E-state index contributed by atoms with van der Waals surface area (Å²) in [6, 6.07) is 5.73. The second kappa shape index (κ2) is 6.44. The summed E-state index contributed by atoms with van der Waals surface area (Å²) in [5, 5.41) is 47.5. The van der Waals surface area contributed by atoms with Crippen molar-refractivity contribution in [3.05, 3.63) is 29.8 Å². The number of aliphatic hydroxyl groups is 5. The van der Waals surface area contributed by atoms with Crippen LogP contribution in [0.2, 0.25) is 0 Å². The van der Waals surface area contributed by atoms with Gasteiger partial charge in [-0.25, -0.2) is 8.42 Å². The minimum atomic E-state index is -4.32. The normalized spacial score (nSPS) is 28.2. The lowest BCUT2D eigenvalue weighted by Crippen LogP contribution is -2.50. The molecule has 5 atom stereocenters. The monoisotopic (exact) mass is 348 g/mol. The molecule has 1 aromatic carbocycles. The number of hydrogen-bond donors (Lipinski definition) is 5. The smallest absolute Gasteiger partial charge is 0.231 e. The lowest BCUT2D eigenvalue weighted by atomic mass is 10.1. The van der Waals surface area contributed by atoms with Gasteiger partial charge in [0.15, 0.2) is 0 Å². The predicted molar refractivity (Wildman–Crippen MR) is 78.2 cm³/mol. The van der Waals surface area contributed by atoms with E-state index < -0.39 is 52.4 Å². The Morgan fingerprint density at radius 1 is 1.13 bits per heavy atom. The van der Waals surface area contributed by atoms with Crippen molar-refractivity contribution in [2.24, 2.45) is 0 Å². The van der Waals surface area contributed by atoms with E-state index in [0.29, 0.717) is 0 Å². The maximum Gasteiger partial charge on any atom is 0.231 e. The third-order valence-corrected chi connectivity index (χ3v) is 6.20. The topological polar surface area (TPSA) is 148 Å². The summed E-state index contributed by atoms with van der Waals surface area (Å²) in [5.74, 6) is 0. The number of ether oxygens (including phenoxy) is 1. The first-order valence-electron chi connectivity index (χ1n) is 6.97. The van der Waals surface area contributed by atoms with Crippen molar-refractivity contribution >= 4 is 9.84 Å². The van der Waals surface area contributed by atoms with Gasteiger partial charge in [-0.2, -0.15) is 0 Å². The van der Waals surface area contributed by atoms with Crippen LogP contribution in [0, 0.1) is 6.92 Å². The molecular formula is C14H20O8S. The van der Waals surface area contributed by atoms with Crippen LogP contribution in [0.15, 0.2) is 29.2 Å². The average Bonchev–Trinajstić information content (AvgIpc) is 3.30. The highest BCUT2D eigenvalue weighted by molar-refractivity contribution is 7.93. The van der Waals surface area contributed by atoms with E-state index in [1.165, 1.54) is 12.1 Å². The highest BCUT2D eigenvalue weighted by Crippen LogP contribution is 2.50. The molecule has 9 heteroatoms. The van der Waals surface area contributed by atoms with Crippen LogP contribution < -0.4 is 0 Å². The van der Waals surface area contributed by atoms with E-state index >= 15 is 0 Å². The van der Waals surface area contributed by atoms with Crippen molar-refractivity contribution in [1.82, 2.24) is 0 Å². The number of epoxide rings is 1. The lowest BCUT2D eigenvalue weighted by molar-refractivity contribution is -0.0353. The molecule has 1 aliphatic rings. The van der Waals surface area contributed by atoms with Gasteiger partial charge in [0.05, 0.1) is 18.1 Å². The molecule has 1 fully saturated rings. The van der Waals surface area contributed by atoms with E-state index in [-0.39, 0.29) is 4.90 Å². The van der Waals surface area contributed by atoms with Gasteiger partial charge >= 0.3 is 0 Å². The van der Waals surface area contributed by atoms with Gasteiger partial charge in [0.2, 0.25) is 14.8 Å². The third kappa shape index (κ3) is 2.89. The molecule has 23 heavy (non-hydrogen) atoms. The van der Waals surface area contributed by atoms with E-state index in [2.05, 4.69) is 0 Å². The fraction of sp³-hybridized carbons (Fsp3) is 0.571. The molecule has 0 aliphatic carbocycles. The zero-order chi connectivity index (χ0) is 17.4. The van der Waals surface area contributed by atoms with Crippen LogP contribution in [0.1, 0.15) is 5.56 Å². The average molecular weight is 348 g/mol. The van der Waals surface area contributed by atoms with Crippen molar-refractivity contribution in [3.8, 4) is 0 Å². The molecule has 1 heterocycles. The minimum Gasteiger partial charge on any atom is -0.394 e. The first kappa shape index (κ1) is 18.3. The Kier molecular flexibility index (Phi) is 5.12. The van der Waals surface area contributed by atoms with Crippen LogP contribution in [0.5, 0.6) is 0 Å². The summed E-state index contributed by atoms with van der Waals surface area (Å²) in [7, 11) is -4.32. The molecule has 1 saturated heterocycles. The Hall–Kier alpha value is -1.07. The largest absolute Gasteiger partial charge is 0.394 e. The summed E-state index contributed by atoms with van der Waals surface area (Å²) in [4.78, 5) is -2.49. The molecule has 0 bridgehead atoms. The van der Waals surface area contributed by atoms with Crippen LogP contribution in [0.25, 0.3) is 0 Å². The molecule has 0 spiro atoms. The van der Waals surface area contributed by atoms with E-state index in [0.717, 1.165) is 5.56 Å². The molecule has 0 saturated carbocycles. The molecule has 1 aliphatic heterocycles. The van der Waals surface area contributed by atoms with Crippen LogP contribution in [0.4, 0.5) is 0 Å². The van der Waals surface area contributed by atoms with Gasteiger partial charge in [0, 0.05) is 0 Å². The fourth-order valence-corrected chi connectivity index (χ4v) is 4.52. The molecule has 5 N–H and O–H groups in total. The maximum absolute atomic E-state index is 12.8. The molecule has 0 aromatic heterocycles. The zero-order valence-corrected chi connectivity index (χ0v) is 13.2. The van der Waals surface area contributed by atoms with Crippen molar-refractivity contribution < 1.29 is 38.7 Å². The summed E-state index contributed by atoms with van der Waals surface area (Å²) in [6.07, 6.45) is -6.76. The zero-order valence-electron chi connectivity index (χ0n) is 12.4. The Balaban J connectivity index is 2.49. The first-order chi connectivity index (χ1) is 10.7. The maximum atomic E-state index is 12.8. The fourth-order valence-electron chi connectivity index (χ4n) is 2.49. The molecule has 0 amide bonds. The number of benzene rings is 1. The van der Waals surface area contributed by atoms with Gasteiger partial charge in [0.25, 0.3) is 0 Å². The van der Waals surface area contributed by atoms with E-state index in [9.17, 15) is 23.7 Å². The lowest BCUT2D eigenvalue weighted by Gasteiger charge is -2.24. The molecular weight excluding hydrogens is 328 g/mol. The molecule has 2 rings (SSSR count). The number of rotatable bonds is 7. The van der Waals surface area contributed by atoms with E-state index in [4.69, 9.17) is 14.9 Å². The number of aryl methyl sites for hydroxylation is 1. The second-order valence-electron chi connectivity index (χ2n) is 5.52. The minimum absolute atomic E-state index is 0.167. The Morgan fingerprint density at radius 2 is 1.70 bits per heavy atom. The van der Waals surface area contributed by atoms with Gasteiger partial charge in [-0.15, -0.1) is 0 Å². The van der Waals surface area contributed by atoms with Crippen molar-refractivity contribution in [1.29, 1.82) is 0 Å². The molecule has 130 valence electrons. The van der Waals surface area contributed by atoms with Gasteiger partial charge in [-0.3, -0.25) is 0 Å². The molecule has 0 radical (unpaired) electrons. The summed E-state index contributed by atoms with van der Waals surface area (Å²) < 4.78 is 30.8. The van der Waals surface area contributed by atoms with Crippen molar-refractivity contribution in [3.63, 3.8) is 0 Å².